The number of allylic oxidation sites excluding steroid dienone is 1. The molecule has 378 valence electrons. The fourth-order valence-electron chi connectivity index (χ4n) is 10.4. The lowest BCUT2D eigenvalue weighted by Gasteiger charge is -2.59. The van der Waals surface area contributed by atoms with Crippen molar-refractivity contribution >= 4 is 17.5 Å². The van der Waals surface area contributed by atoms with E-state index in [1.54, 1.807) is 47.4 Å². The number of nitro benzene ring substituents is 1. The summed E-state index contributed by atoms with van der Waals surface area (Å²) in [5, 5.41) is 36.8. The van der Waals surface area contributed by atoms with Crippen LogP contribution in [0.2, 0.25) is 0 Å². The number of nitrogens with zero attached hydrogens (tertiary/aromatic N) is 3. The van der Waals surface area contributed by atoms with Gasteiger partial charge in [0.25, 0.3) is 5.69 Å². The first-order chi connectivity index (χ1) is 35.2. The molecule has 0 aromatic heterocycles. The minimum Gasteiger partial charge on any atom is -0.459 e. The molecule has 1 fully saturated rings. The summed E-state index contributed by atoms with van der Waals surface area (Å²) >= 11 is 0. The van der Waals surface area contributed by atoms with E-state index >= 15 is 4.79 Å². The molecule has 1 heterocycles. The molecule has 1 aliphatic heterocycles. The number of non-ortho nitro benzene ring substituents is 1. The van der Waals surface area contributed by atoms with E-state index in [2.05, 4.69) is 12.7 Å². The monoisotopic (exact) mass is 983 g/mol. The van der Waals surface area contributed by atoms with E-state index in [9.17, 15) is 24.7 Å². The Labute approximate surface area is 419 Å². The third-order valence-electron chi connectivity index (χ3n) is 13.6. The molecule has 0 spiro atoms. The van der Waals surface area contributed by atoms with Gasteiger partial charge in [-0.1, -0.05) is 109 Å². The second-order valence-electron chi connectivity index (χ2n) is 18.3. The molecular formula is C57H62FN3O11. The number of carbonyl (C=O) groups excluding carboxylic acids is 1. The number of rotatable bonds is 25. The van der Waals surface area contributed by atoms with Crippen molar-refractivity contribution < 1.29 is 52.8 Å². The summed E-state index contributed by atoms with van der Waals surface area (Å²) in [7, 11) is 0. The normalized spacial score (nSPS) is 21.3. The third-order valence-corrected chi connectivity index (χ3v) is 13.6. The van der Waals surface area contributed by atoms with Crippen LogP contribution in [0.1, 0.15) is 73.1 Å². The molecule has 0 saturated heterocycles. The topological polar surface area (TPSA) is 172 Å². The molecule has 2 aliphatic carbocycles. The zero-order valence-electron chi connectivity index (χ0n) is 40.3. The fraction of sp³-hybridized carbons (Fsp3) is 0.368. The van der Waals surface area contributed by atoms with Crippen LogP contribution in [-0.4, -0.2) is 76.7 Å². The molecule has 3 aliphatic rings. The second kappa shape index (κ2) is 25.0. The average Bonchev–Trinajstić information content (AvgIpc) is 3.39. The number of carbonyl (C=O) groups is 1. The Bertz CT molecular complexity index is 2650. The van der Waals surface area contributed by atoms with Crippen molar-refractivity contribution in [2.24, 2.45) is 22.9 Å². The molecule has 5 aromatic carbocycles. The second-order valence-corrected chi connectivity index (χ2v) is 18.3. The first kappa shape index (κ1) is 51.4. The number of ether oxygens (including phenoxy) is 5. The predicted octanol–water partition coefficient (Wildman–Crippen LogP) is 11.2. The van der Waals surface area contributed by atoms with Gasteiger partial charge in [-0.15, -0.1) is 6.58 Å². The Hall–Kier alpha value is -6.91. The standard InChI is InChI=1S/C57H62FN3O11/c1-2-30-69-57-53(60(37-40-22-24-44(58)25-23-40)56(64)68-32-31-67-38-41-14-5-3-6-15-41)36-51(59-70-39-42-16-7-4-8-17-42)49-33-43(18-9-11-28-62)48(21-10-12-29-63)54(55(49)57)50-35-47(26-27-52(50)72-57)71-46-20-13-19-45(34-46)61(65)66/h2-8,13-17,19-20,22-27,33-35,43,48,53-55,62-63H,1,9-12,18,21,28-32,36-39H2/t43-,48+,53-,54+,55+,57+/m0/s1. The number of amides is 1. The van der Waals surface area contributed by atoms with Crippen LogP contribution in [0.15, 0.2) is 157 Å². The van der Waals surface area contributed by atoms with Crippen LogP contribution in [0.25, 0.3) is 0 Å². The number of nitro groups is 1. The number of unbranched alkanes of at least 4 members (excludes halogenated alkanes) is 2. The zero-order chi connectivity index (χ0) is 50.3. The lowest BCUT2D eigenvalue weighted by molar-refractivity contribution is -0.384. The minimum atomic E-state index is -1.63. The molecule has 5 aromatic rings. The largest absolute Gasteiger partial charge is 0.459 e. The molecule has 0 bridgehead atoms. The van der Waals surface area contributed by atoms with Gasteiger partial charge < -0.3 is 38.7 Å². The molecule has 1 amide bonds. The number of halogens is 1. The van der Waals surface area contributed by atoms with Crippen molar-refractivity contribution in [2.45, 2.75) is 82.5 Å². The lowest BCUT2D eigenvalue weighted by atomic mass is 9.55. The number of hydrogen-bond donors (Lipinski definition) is 2. The maximum absolute atomic E-state index is 15.0. The molecular weight excluding hydrogens is 922 g/mol. The van der Waals surface area contributed by atoms with Crippen LogP contribution < -0.4 is 9.47 Å². The summed E-state index contributed by atoms with van der Waals surface area (Å²) in [5.41, 5.74) is 4.57. The Morgan fingerprint density at radius 2 is 1.56 bits per heavy atom. The molecule has 8 rings (SSSR count). The molecule has 0 unspecified atom stereocenters. The van der Waals surface area contributed by atoms with Crippen LogP contribution in [0.4, 0.5) is 14.9 Å². The van der Waals surface area contributed by atoms with E-state index in [1.165, 1.54) is 24.3 Å². The van der Waals surface area contributed by atoms with Gasteiger partial charge >= 0.3 is 6.09 Å². The number of aliphatic hydroxyl groups excluding tert-OH is 2. The molecule has 2 N–H and O–H groups in total. The van der Waals surface area contributed by atoms with Crippen LogP contribution in [0, 0.1) is 33.7 Å². The van der Waals surface area contributed by atoms with E-state index in [4.69, 9.17) is 33.7 Å². The van der Waals surface area contributed by atoms with Crippen molar-refractivity contribution in [2.75, 3.05) is 33.0 Å². The molecule has 14 nitrogen and oxygen atoms in total. The van der Waals surface area contributed by atoms with Gasteiger partial charge in [0.15, 0.2) is 0 Å². The van der Waals surface area contributed by atoms with E-state index < -0.39 is 40.5 Å². The molecule has 0 radical (unpaired) electrons. The highest BCUT2D eigenvalue weighted by Gasteiger charge is 2.65. The van der Waals surface area contributed by atoms with E-state index in [0.29, 0.717) is 55.1 Å². The summed E-state index contributed by atoms with van der Waals surface area (Å²) in [6, 6.07) is 35.8. The highest BCUT2D eigenvalue weighted by Crippen LogP contribution is 2.62. The Balaban J connectivity index is 1.28. The lowest BCUT2D eigenvalue weighted by Crippen LogP contribution is -2.70. The van der Waals surface area contributed by atoms with Crippen molar-refractivity contribution in [1.82, 2.24) is 4.90 Å². The van der Waals surface area contributed by atoms with Crippen molar-refractivity contribution in [3.63, 3.8) is 0 Å². The quantitative estimate of drug-likeness (QED) is 0.0247. The van der Waals surface area contributed by atoms with E-state index in [1.807, 2.05) is 66.7 Å². The highest BCUT2D eigenvalue weighted by atomic mass is 19.1. The number of benzene rings is 5. The Kier molecular flexibility index (Phi) is 17.8. The van der Waals surface area contributed by atoms with Gasteiger partial charge in [0, 0.05) is 43.7 Å². The van der Waals surface area contributed by atoms with Crippen LogP contribution in [0.5, 0.6) is 17.2 Å². The number of aliphatic hydroxyl groups is 2. The van der Waals surface area contributed by atoms with Crippen LogP contribution in [-0.2, 0) is 38.8 Å². The SMILES string of the molecule is C=CCO[C@@]12Oc3ccc(Oc4cccc([N+](=O)[O-])c4)cc3[C@H]3[C@H](CCCCO)[C@@H](CCCCO)C=C(C(=NOCc4ccccc4)C[C@@H]1N(Cc1ccc(F)cc1)C(=O)OCCOCc1ccccc1)[C@H]32. The summed E-state index contributed by atoms with van der Waals surface area (Å²) in [6.07, 6.45) is 7.32. The minimum absolute atomic E-state index is 0.0136. The van der Waals surface area contributed by atoms with Gasteiger partial charge in [-0.05, 0) is 96.2 Å². The average molecular weight is 984 g/mol. The first-order valence-corrected chi connectivity index (χ1v) is 24.7. The Morgan fingerprint density at radius 1 is 0.847 bits per heavy atom. The van der Waals surface area contributed by atoms with Gasteiger partial charge in [-0.3, -0.25) is 15.0 Å². The maximum atomic E-state index is 15.0. The van der Waals surface area contributed by atoms with Gasteiger partial charge in [0.05, 0.1) is 42.4 Å². The van der Waals surface area contributed by atoms with Gasteiger partial charge in [0.1, 0.15) is 42.3 Å². The first-order valence-electron chi connectivity index (χ1n) is 24.7. The molecule has 72 heavy (non-hydrogen) atoms. The smallest absolute Gasteiger partial charge is 0.410 e. The summed E-state index contributed by atoms with van der Waals surface area (Å²) < 4.78 is 47.4. The fourth-order valence-corrected chi connectivity index (χ4v) is 10.4. The summed E-state index contributed by atoms with van der Waals surface area (Å²) in [6.45, 7) is 4.61. The molecule has 15 heteroatoms. The van der Waals surface area contributed by atoms with E-state index in [0.717, 1.165) is 35.1 Å². The van der Waals surface area contributed by atoms with Crippen LogP contribution in [0.3, 0.4) is 0 Å². The van der Waals surface area contributed by atoms with Gasteiger partial charge in [0.2, 0.25) is 5.79 Å². The van der Waals surface area contributed by atoms with Crippen molar-refractivity contribution in [3.05, 3.63) is 190 Å². The maximum Gasteiger partial charge on any atom is 0.410 e. The number of oxime groups is 1. The number of hydrogen-bond acceptors (Lipinski definition) is 12. The Morgan fingerprint density at radius 3 is 2.26 bits per heavy atom. The van der Waals surface area contributed by atoms with E-state index in [-0.39, 0.29) is 75.9 Å². The van der Waals surface area contributed by atoms with Gasteiger partial charge in [-0.25, -0.2) is 9.18 Å². The van der Waals surface area contributed by atoms with Crippen LogP contribution >= 0.6 is 0 Å². The number of fused-ring (bicyclic) bond motifs is 2. The third kappa shape index (κ3) is 12.4. The summed E-state index contributed by atoms with van der Waals surface area (Å²) in [5.74, 6) is -2.11. The van der Waals surface area contributed by atoms with Crippen molar-refractivity contribution in [3.8, 4) is 17.2 Å². The predicted molar refractivity (Wildman–Crippen MR) is 269 cm³/mol. The highest BCUT2D eigenvalue weighted by molar-refractivity contribution is 6.03. The molecule has 1 saturated carbocycles. The zero-order valence-corrected chi connectivity index (χ0v) is 40.3. The van der Waals surface area contributed by atoms with Gasteiger partial charge in [-0.2, -0.15) is 0 Å². The summed E-state index contributed by atoms with van der Waals surface area (Å²) in [4.78, 5) is 34.1. The van der Waals surface area contributed by atoms with Crippen molar-refractivity contribution in [1.29, 1.82) is 0 Å². The molecule has 6 atom stereocenters.